The number of thiocarbonyl (C=S) groups is 1. The van der Waals surface area contributed by atoms with Crippen molar-refractivity contribution in [2.75, 3.05) is 13.7 Å². The summed E-state index contributed by atoms with van der Waals surface area (Å²) >= 11 is 4.83. The fourth-order valence-corrected chi connectivity index (χ4v) is 1.87. The zero-order valence-electron chi connectivity index (χ0n) is 11.9. The lowest BCUT2D eigenvalue weighted by molar-refractivity contribution is 0.0711. The summed E-state index contributed by atoms with van der Waals surface area (Å²) in [4.78, 5) is 14.4. The molecule has 1 rings (SSSR count). The van der Waals surface area contributed by atoms with Crippen LogP contribution in [0.5, 0.6) is 5.75 Å². The van der Waals surface area contributed by atoms with Gasteiger partial charge < -0.3 is 15.4 Å². The largest absolute Gasteiger partial charge is 0.494 e. The van der Waals surface area contributed by atoms with Crippen molar-refractivity contribution < 1.29 is 13.9 Å². The number of carbonyl (C=O) groups excluding carboxylic acids is 1. The summed E-state index contributed by atoms with van der Waals surface area (Å²) in [6, 6.07) is 4.05. The lowest BCUT2D eigenvalue weighted by atomic mass is 10.1. The molecular weight excluding hydrogens is 279 g/mol. The normalized spacial score (nSPS) is 10.4. The Morgan fingerprint density at radius 1 is 1.50 bits per heavy atom. The molecule has 0 aliphatic carbocycles. The molecule has 0 bridgehead atoms. The summed E-state index contributed by atoms with van der Waals surface area (Å²) in [5, 5.41) is 0. The first-order chi connectivity index (χ1) is 9.36. The number of halogens is 1. The van der Waals surface area contributed by atoms with Gasteiger partial charge in [0.15, 0.2) is 11.6 Å². The molecule has 2 N–H and O–H groups in total. The molecule has 0 spiro atoms. The van der Waals surface area contributed by atoms with E-state index >= 15 is 0 Å². The Kier molecular flexibility index (Phi) is 5.88. The van der Waals surface area contributed by atoms with Crippen LogP contribution in [0.15, 0.2) is 18.2 Å². The Hall–Kier alpha value is -1.69. The van der Waals surface area contributed by atoms with Crippen LogP contribution < -0.4 is 10.5 Å². The summed E-state index contributed by atoms with van der Waals surface area (Å²) in [6.07, 6.45) is 0.456. The third-order valence-corrected chi connectivity index (χ3v) is 3.09. The van der Waals surface area contributed by atoms with Gasteiger partial charge in [-0.1, -0.05) is 12.2 Å². The predicted molar refractivity (Wildman–Crippen MR) is 80.5 cm³/mol. The van der Waals surface area contributed by atoms with E-state index in [2.05, 4.69) is 0 Å². The van der Waals surface area contributed by atoms with Gasteiger partial charge in [-0.3, -0.25) is 4.79 Å². The fraction of sp³-hybridized carbons (Fsp3) is 0.429. The minimum Gasteiger partial charge on any atom is -0.494 e. The molecule has 0 atom stereocenters. The van der Waals surface area contributed by atoms with Gasteiger partial charge in [0.2, 0.25) is 0 Å². The first-order valence-corrected chi connectivity index (χ1v) is 6.70. The highest BCUT2D eigenvalue weighted by atomic mass is 32.1. The molecule has 0 aliphatic rings. The molecule has 20 heavy (non-hydrogen) atoms. The van der Waals surface area contributed by atoms with Gasteiger partial charge in [0.1, 0.15) is 0 Å². The molecule has 0 unspecified atom stereocenters. The van der Waals surface area contributed by atoms with Crippen molar-refractivity contribution in [2.45, 2.75) is 26.3 Å². The number of hydrogen-bond acceptors (Lipinski definition) is 3. The summed E-state index contributed by atoms with van der Waals surface area (Å²) < 4.78 is 18.3. The number of methoxy groups -OCH3 is 1. The number of nitrogens with two attached hydrogens (primary N) is 1. The van der Waals surface area contributed by atoms with E-state index in [-0.39, 0.29) is 17.7 Å². The molecule has 1 aromatic carbocycles. The number of hydrogen-bond donors (Lipinski definition) is 1. The second-order valence-electron chi connectivity index (χ2n) is 4.66. The molecule has 4 nitrogen and oxygen atoms in total. The second-order valence-corrected chi connectivity index (χ2v) is 5.18. The van der Waals surface area contributed by atoms with Crippen molar-refractivity contribution in [1.82, 2.24) is 4.90 Å². The van der Waals surface area contributed by atoms with E-state index in [0.717, 1.165) is 0 Å². The summed E-state index contributed by atoms with van der Waals surface area (Å²) in [6.45, 7) is 4.24. The molecule has 0 aliphatic heterocycles. The topological polar surface area (TPSA) is 55.6 Å². The van der Waals surface area contributed by atoms with Crippen LogP contribution in [-0.4, -0.2) is 35.5 Å². The highest BCUT2D eigenvalue weighted by Gasteiger charge is 2.20. The van der Waals surface area contributed by atoms with Crippen molar-refractivity contribution in [3.05, 3.63) is 29.6 Å². The van der Waals surface area contributed by atoms with Crippen LogP contribution in [0.1, 0.15) is 30.6 Å². The Morgan fingerprint density at radius 3 is 2.65 bits per heavy atom. The molecule has 0 heterocycles. The molecular formula is C14H19FN2O2S. The lowest BCUT2D eigenvalue weighted by Crippen LogP contribution is -2.39. The summed E-state index contributed by atoms with van der Waals surface area (Å²) in [5.74, 6) is -0.647. The van der Waals surface area contributed by atoms with Gasteiger partial charge in [0.25, 0.3) is 5.91 Å². The van der Waals surface area contributed by atoms with Gasteiger partial charge in [-0.15, -0.1) is 0 Å². The first-order valence-electron chi connectivity index (χ1n) is 6.29. The molecule has 1 amide bonds. The maximum absolute atomic E-state index is 13.4. The van der Waals surface area contributed by atoms with E-state index in [0.29, 0.717) is 23.5 Å². The molecule has 0 aromatic heterocycles. The molecule has 110 valence electrons. The van der Waals surface area contributed by atoms with Crippen molar-refractivity contribution in [3.8, 4) is 5.75 Å². The third-order valence-electron chi connectivity index (χ3n) is 2.88. The third kappa shape index (κ3) is 4.16. The maximum atomic E-state index is 13.4. The average molecular weight is 298 g/mol. The second kappa shape index (κ2) is 7.19. The maximum Gasteiger partial charge on any atom is 0.254 e. The van der Waals surface area contributed by atoms with E-state index in [4.69, 9.17) is 22.7 Å². The van der Waals surface area contributed by atoms with Gasteiger partial charge in [-0.05, 0) is 32.0 Å². The van der Waals surface area contributed by atoms with Crippen molar-refractivity contribution >= 4 is 23.1 Å². The Labute approximate surface area is 123 Å². The van der Waals surface area contributed by atoms with E-state index in [1.807, 2.05) is 13.8 Å². The first kappa shape index (κ1) is 16.4. The van der Waals surface area contributed by atoms with Crippen LogP contribution in [-0.2, 0) is 0 Å². The minimum absolute atomic E-state index is 0.00658. The van der Waals surface area contributed by atoms with Crippen molar-refractivity contribution in [3.63, 3.8) is 0 Å². The molecule has 0 saturated heterocycles. The van der Waals surface area contributed by atoms with E-state index in [9.17, 15) is 9.18 Å². The zero-order valence-corrected chi connectivity index (χ0v) is 12.7. The van der Waals surface area contributed by atoms with E-state index < -0.39 is 5.82 Å². The van der Waals surface area contributed by atoms with Crippen molar-refractivity contribution in [1.29, 1.82) is 0 Å². The highest BCUT2D eigenvalue weighted by Crippen LogP contribution is 2.20. The molecule has 1 aromatic rings. The van der Waals surface area contributed by atoms with Crippen LogP contribution in [0.4, 0.5) is 4.39 Å². The van der Waals surface area contributed by atoms with Crippen LogP contribution in [0.2, 0.25) is 0 Å². The number of carbonyl (C=O) groups is 1. The van der Waals surface area contributed by atoms with Gasteiger partial charge in [-0.25, -0.2) is 4.39 Å². The molecule has 0 fully saturated rings. The number of amides is 1. The van der Waals surface area contributed by atoms with Gasteiger partial charge in [0, 0.05) is 24.6 Å². The van der Waals surface area contributed by atoms with Gasteiger partial charge in [-0.2, -0.15) is 0 Å². The smallest absolute Gasteiger partial charge is 0.254 e. The highest BCUT2D eigenvalue weighted by molar-refractivity contribution is 7.80. The van der Waals surface area contributed by atoms with E-state index in [1.54, 1.807) is 4.90 Å². The SMILES string of the molecule is COc1cc(C(=O)N(CCC(N)=S)C(C)C)ccc1F. The minimum atomic E-state index is -0.497. The van der Waals surface area contributed by atoms with Crippen LogP contribution in [0.25, 0.3) is 0 Å². The quantitative estimate of drug-likeness (QED) is 0.819. The standard InChI is InChI=1S/C14H19FN2O2S/c1-9(2)17(7-6-13(16)20)14(18)10-4-5-11(15)12(8-10)19-3/h4-5,8-9H,6-7H2,1-3H3,(H2,16,20). The summed E-state index contributed by atoms with van der Waals surface area (Å²) in [7, 11) is 1.36. The van der Waals surface area contributed by atoms with E-state index in [1.165, 1.54) is 25.3 Å². The predicted octanol–water partition coefficient (Wildman–Crippen LogP) is 2.36. The fourth-order valence-electron chi connectivity index (χ4n) is 1.78. The Balaban J connectivity index is 2.97. The molecule has 0 saturated carbocycles. The monoisotopic (exact) mass is 298 g/mol. The number of ether oxygens (including phenoxy) is 1. The van der Waals surface area contributed by atoms with Crippen LogP contribution >= 0.6 is 12.2 Å². The molecule has 6 heteroatoms. The Bertz CT molecular complexity index is 506. The Morgan fingerprint density at radius 2 is 2.15 bits per heavy atom. The number of rotatable bonds is 6. The van der Waals surface area contributed by atoms with Crippen LogP contribution in [0, 0.1) is 5.82 Å². The van der Waals surface area contributed by atoms with Gasteiger partial charge >= 0.3 is 0 Å². The lowest BCUT2D eigenvalue weighted by Gasteiger charge is -2.26. The van der Waals surface area contributed by atoms with Gasteiger partial charge in [0.05, 0.1) is 12.1 Å². The van der Waals surface area contributed by atoms with Crippen LogP contribution in [0.3, 0.4) is 0 Å². The molecule has 0 radical (unpaired) electrons. The number of benzene rings is 1. The summed E-state index contributed by atoms with van der Waals surface area (Å²) in [5.41, 5.74) is 5.84. The number of nitrogens with zero attached hydrogens (tertiary/aromatic N) is 1. The van der Waals surface area contributed by atoms with Crippen molar-refractivity contribution in [2.24, 2.45) is 5.73 Å². The average Bonchev–Trinajstić information content (AvgIpc) is 2.38. The zero-order chi connectivity index (χ0) is 15.3.